The minimum Gasteiger partial charge on any atom is -0.316 e. The fourth-order valence-electron chi connectivity index (χ4n) is 3.16. The van der Waals surface area contributed by atoms with Gasteiger partial charge in [0.25, 0.3) is 0 Å². The quantitative estimate of drug-likeness (QED) is 0.782. The molecule has 1 saturated carbocycles. The first kappa shape index (κ1) is 14.8. The zero-order chi connectivity index (χ0) is 13.3. The van der Waals surface area contributed by atoms with Gasteiger partial charge < -0.3 is 5.32 Å². The lowest BCUT2D eigenvalue weighted by Gasteiger charge is -2.40. The predicted molar refractivity (Wildman–Crippen MR) is 63.8 cm³/mol. The van der Waals surface area contributed by atoms with E-state index in [-0.39, 0.29) is 5.41 Å². The Hall–Kier alpha value is -0.250. The third kappa shape index (κ3) is 3.87. The molecule has 17 heavy (non-hydrogen) atoms. The molecule has 1 unspecified atom stereocenters. The van der Waals surface area contributed by atoms with E-state index in [0.29, 0.717) is 37.6 Å². The molecule has 0 saturated heterocycles. The van der Waals surface area contributed by atoms with Crippen LogP contribution in [0.1, 0.15) is 46.5 Å². The highest BCUT2D eigenvalue weighted by atomic mass is 19.4. The van der Waals surface area contributed by atoms with E-state index in [1.54, 1.807) is 0 Å². The molecule has 0 amide bonds. The molecular weight excluding hydrogens is 227 g/mol. The molecule has 0 aromatic rings. The molecule has 0 spiro atoms. The molecule has 0 aliphatic heterocycles. The van der Waals surface area contributed by atoms with Gasteiger partial charge in [-0.2, -0.15) is 13.2 Å². The van der Waals surface area contributed by atoms with E-state index in [2.05, 4.69) is 26.1 Å². The zero-order valence-corrected chi connectivity index (χ0v) is 11.2. The molecule has 1 fully saturated rings. The molecule has 0 heterocycles. The summed E-state index contributed by atoms with van der Waals surface area (Å²) in [5.74, 6) is -0.699. The first-order valence-electron chi connectivity index (χ1n) is 6.40. The maximum Gasteiger partial charge on any atom is 0.391 e. The maximum absolute atomic E-state index is 12.6. The predicted octanol–water partition coefficient (Wildman–Crippen LogP) is 3.99. The molecule has 102 valence electrons. The van der Waals surface area contributed by atoms with Gasteiger partial charge in [0, 0.05) is 6.04 Å². The van der Waals surface area contributed by atoms with Crippen LogP contribution in [0.25, 0.3) is 0 Å². The monoisotopic (exact) mass is 251 g/mol. The van der Waals surface area contributed by atoms with Gasteiger partial charge in [0.05, 0.1) is 5.92 Å². The molecule has 1 nitrogen and oxygen atoms in total. The van der Waals surface area contributed by atoms with E-state index in [4.69, 9.17) is 0 Å². The Bertz CT molecular complexity index is 234. The lowest BCUT2D eigenvalue weighted by atomic mass is 9.71. The van der Waals surface area contributed by atoms with Gasteiger partial charge in [-0.15, -0.1) is 0 Å². The van der Waals surface area contributed by atoms with Gasteiger partial charge in [-0.1, -0.05) is 20.8 Å². The summed E-state index contributed by atoms with van der Waals surface area (Å²) in [7, 11) is 1.91. The molecule has 0 bridgehead atoms. The summed E-state index contributed by atoms with van der Waals surface area (Å²) in [6.07, 6.45) is -2.04. The van der Waals surface area contributed by atoms with Crippen molar-refractivity contribution in [3.8, 4) is 0 Å². The van der Waals surface area contributed by atoms with Crippen LogP contribution < -0.4 is 5.32 Å². The van der Waals surface area contributed by atoms with Crippen molar-refractivity contribution in [2.45, 2.75) is 58.7 Å². The Morgan fingerprint density at radius 2 is 1.47 bits per heavy atom. The normalized spacial score (nSPS) is 29.1. The summed E-state index contributed by atoms with van der Waals surface area (Å²) >= 11 is 0. The molecule has 1 atom stereocenters. The molecule has 0 aromatic carbocycles. The Morgan fingerprint density at radius 3 is 1.76 bits per heavy atom. The lowest BCUT2D eigenvalue weighted by molar-refractivity contribution is -0.184. The Kier molecular flexibility index (Phi) is 4.50. The Labute approximate surface area is 102 Å². The van der Waals surface area contributed by atoms with Crippen LogP contribution in [-0.4, -0.2) is 19.3 Å². The summed E-state index contributed by atoms with van der Waals surface area (Å²) in [4.78, 5) is 0. The van der Waals surface area contributed by atoms with Gasteiger partial charge in [-0.05, 0) is 44.1 Å². The summed E-state index contributed by atoms with van der Waals surface area (Å²) < 4.78 is 37.7. The maximum atomic E-state index is 12.6. The summed E-state index contributed by atoms with van der Waals surface area (Å²) in [6.45, 7) is 6.43. The van der Waals surface area contributed by atoms with Crippen LogP contribution in [0.4, 0.5) is 13.2 Å². The minimum atomic E-state index is -4.00. The van der Waals surface area contributed by atoms with Crippen LogP contribution in [-0.2, 0) is 0 Å². The van der Waals surface area contributed by atoms with E-state index in [1.165, 1.54) is 0 Å². The number of alkyl halides is 3. The third-order valence-corrected chi connectivity index (χ3v) is 3.95. The van der Waals surface area contributed by atoms with Crippen LogP contribution in [0.15, 0.2) is 0 Å². The fourth-order valence-corrected chi connectivity index (χ4v) is 3.16. The number of hydrogen-bond donors (Lipinski definition) is 1. The molecule has 1 aliphatic rings. The largest absolute Gasteiger partial charge is 0.391 e. The van der Waals surface area contributed by atoms with Crippen LogP contribution in [0, 0.1) is 17.3 Å². The lowest BCUT2D eigenvalue weighted by Crippen LogP contribution is -2.46. The molecule has 0 radical (unpaired) electrons. The standard InChI is InChI=1S/C13H24F3N/c1-12(2,3)11(17-4)9-5-7-10(8-6-9)13(14,15)16/h9-11,17H,5-8H2,1-4H3. The van der Waals surface area contributed by atoms with Crippen molar-refractivity contribution in [3.63, 3.8) is 0 Å². The first-order valence-corrected chi connectivity index (χ1v) is 6.40. The summed E-state index contributed by atoms with van der Waals surface area (Å²) in [5, 5.41) is 3.28. The van der Waals surface area contributed by atoms with Crippen molar-refractivity contribution in [2.75, 3.05) is 7.05 Å². The van der Waals surface area contributed by atoms with Gasteiger partial charge in [0.2, 0.25) is 0 Å². The number of halogens is 3. The summed E-state index contributed by atoms with van der Waals surface area (Å²) in [6, 6.07) is 0.302. The Balaban J connectivity index is 2.57. The molecule has 1 N–H and O–H groups in total. The van der Waals surface area contributed by atoms with Crippen molar-refractivity contribution in [2.24, 2.45) is 17.3 Å². The Morgan fingerprint density at radius 1 is 1.00 bits per heavy atom. The zero-order valence-electron chi connectivity index (χ0n) is 11.2. The van der Waals surface area contributed by atoms with Gasteiger partial charge in [-0.3, -0.25) is 0 Å². The van der Waals surface area contributed by atoms with E-state index in [1.807, 2.05) is 7.05 Å². The second-order valence-corrected chi connectivity index (χ2v) is 6.29. The van der Waals surface area contributed by atoms with Crippen LogP contribution in [0.5, 0.6) is 0 Å². The summed E-state index contributed by atoms with van der Waals surface area (Å²) in [5.41, 5.74) is 0.102. The highest BCUT2D eigenvalue weighted by molar-refractivity contribution is 4.89. The molecule has 1 aliphatic carbocycles. The molecular formula is C13H24F3N. The number of nitrogens with one attached hydrogen (secondary N) is 1. The molecule has 1 rings (SSSR count). The van der Waals surface area contributed by atoms with Crippen LogP contribution >= 0.6 is 0 Å². The highest BCUT2D eigenvalue weighted by Gasteiger charge is 2.43. The van der Waals surface area contributed by atoms with Gasteiger partial charge in [0.1, 0.15) is 0 Å². The second-order valence-electron chi connectivity index (χ2n) is 6.29. The number of hydrogen-bond acceptors (Lipinski definition) is 1. The first-order chi connectivity index (χ1) is 7.66. The van der Waals surface area contributed by atoms with Crippen molar-refractivity contribution in [1.29, 1.82) is 0 Å². The second kappa shape index (κ2) is 5.17. The van der Waals surface area contributed by atoms with E-state index >= 15 is 0 Å². The van der Waals surface area contributed by atoms with Crippen molar-refractivity contribution >= 4 is 0 Å². The van der Waals surface area contributed by atoms with Crippen molar-refractivity contribution in [1.82, 2.24) is 5.32 Å². The van der Waals surface area contributed by atoms with Gasteiger partial charge in [0.15, 0.2) is 0 Å². The minimum absolute atomic E-state index is 0.102. The van der Waals surface area contributed by atoms with E-state index in [9.17, 15) is 13.2 Å². The fraction of sp³-hybridized carbons (Fsp3) is 1.00. The average Bonchev–Trinajstić information content (AvgIpc) is 2.16. The molecule has 0 aromatic heterocycles. The van der Waals surface area contributed by atoms with Crippen LogP contribution in [0.3, 0.4) is 0 Å². The third-order valence-electron chi connectivity index (χ3n) is 3.95. The van der Waals surface area contributed by atoms with Gasteiger partial charge in [-0.25, -0.2) is 0 Å². The van der Waals surface area contributed by atoms with E-state index in [0.717, 1.165) is 0 Å². The van der Waals surface area contributed by atoms with Crippen molar-refractivity contribution in [3.05, 3.63) is 0 Å². The van der Waals surface area contributed by atoms with Gasteiger partial charge >= 0.3 is 6.18 Å². The smallest absolute Gasteiger partial charge is 0.316 e. The van der Waals surface area contributed by atoms with Crippen molar-refractivity contribution < 1.29 is 13.2 Å². The highest BCUT2D eigenvalue weighted by Crippen LogP contribution is 2.42. The average molecular weight is 251 g/mol. The van der Waals surface area contributed by atoms with E-state index < -0.39 is 12.1 Å². The van der Waals surface area contributed by atoms with Crippen LogP contribution in [0.2, 0.25) is 0 Å². The SMILES string of the molecule is CNC(C1CCC(C(F)(F)F)CC1)C(C)(C)C. The molecule has 4 heteroatoms. The topological polar surface area (TPSA) is 12.0 Å². The number of rotatable bonds is 2.